The molecule has 148 valence electrons. The van der Waals surface area contributed by atoms with Crippen molar-refractivity contribution in [1.82, 2.24) is 14.0 Å². The number of likely N-dealkylation sites (tertiary alicyclic amines) is 1. The predicted octanol–water partition coefficient (Wildman–Crippen LogP) is 4.59. The summed E-state index contributed by atoms with van der Waals surface area (Å²) < 4.78 is 17.0. The van der Waals surface area contributed by atoms with Crippen LogP contribution in [0.2, 0.25) is 10.0 Å². The fraction of sp³-hybridized carbons (Fsp3) is 0.381. The molecule has 0 aliphatic carbocycles. The van der Waals surface area contributed by atoms with Gasteiger partial charge in [-0.25, -0.2) is 4.39 Å². The first-order valence-electron chi connectivity index (χ1n) is 9.50. The second kappa shape index (κ2) is 8.27. The summed E-state index contributed by atoms with van der Waals surface area (Å²) in [5.41, 5.74) is 1.92. The highest BCUT2D eigenvalue weighted by atomic mass is 35.5. The molecule has 1 saturated heterocycles. The molecule has 4 rings (SSSR count). The van der Waals surface area contributed by atoms with Gasteiger partial charge in [-0.3, -0.25) is 4.79 Å². The number of rotatable bonds is 5. The molecule has 1 aromatic carbocycles. The smallest absolute Gasteiger partial charge is 0.260 e. The standard InChI is InChI=1S/C21H22Cl2FN3O/c22-18-2-1-15(13-19(18)23)14-27-9-5-17-20(27)6-10-26(21(17)28)12-11-25-7-3-16(24)4-8-25/h1-2,5-6,9-10,13,16H,3-4,7-8,11-12,14H2. The van der Waals surface area contributed by atoms with E-state index >= 15 is 0 Å². The van der Waals surface area contributed by atoms with Crippen LogP contribution in [0.25, 0.3) is 10.9 Å². The minimum absolute atomic E-state index is 0.00534. The number of hydrogen-bond donors (Lipinski definition) is 0. The van der Waals surface area contributed by atoms with E-state index in [0.29, 0.717) is 41.4 Å². The van der Waals surface area contributed by atoms with E-state index in [-0.39, 0.29) is 5.56 Å². The number of nitrogens with zero attached hydrogens (tertiary/aromatic N) is 3. The van der Waals surface area contributed by atoms with E-state index in [9.17, 15) is 9.18 Å². The average molecular weight is 422 g/mol. The maximum Gasteiger partial charge on any atom is 0.260 e. The molecule has 0 bridgehead atoms. The van der Waals surface area contributed by atoms with E-state index in [1.807, 2.05) is 41.2 Å². The summed E-state index contributed by atoms with van der Waals surface area (Å²) in [5.74, 6) is 0. The molecule has 0 amide bonds. The molecule has 28 heavy (non-hydrogen) atoms. The quantitative estimate of drug-likeness (QED) is 0.602. The highest BCUT2D eigenvalue weighted by Gasteiger charge is 2.18. The predicted molar refractivity (Wildman–Crippen MR) is 112 cm³/mol. The number of fused-ring (bicyclic) bond motifs is 1. The van der Waals surface area contributed by atoms with Crippen molar-refractivity contribution < 1.29 is 4.39 Å². The lowest BCUT2D eigenvalue weighted by atomic mass is 10.1. The van der Waals surface area contributed by atoms with Gasteiger partial charge in [-0.2, -0.15) is 0 Å². The van der Waals surface area contributed by atoms with Crippen LogP contribution >= 0.6 is 23.2 Å². The maximum atomic E-state index is 13.3. The zero-order chi connectivity index (χ0) is 19.7. The van der Waals surface area contributed by atoms with Crippen molar-refractivity contribution in [2.24, 2.45) is 0 Å². The number of alkyl halides is 1. The minimum Gasteiger partial charge on any atom is -0.343 e. The molecule has 0 atom stereocenters. The topological polar surface area (TPSA) is 30.2 Å². The SMILES string of the molecule is O=c1c2ccn(Cc3ccc(Cl)c(Cl)c3)c2ccn1CCN1CCC(F)CC1. The van der Waals surface area contributed by atoms with Crippen molar-refractivity contribution in [1.29, 1.82) is 0 Å². The zero-order valence-electron chi connectivity index (χ0n) is 15.5. The van der Waals surface area contributed by atoms with Crippen LogP contribution in [0.15, 0.2) is 47.5 Å². The van der Waals surface area contributed by atoms with Crippen molar-refractivity contribution in [2.75, 3.05) is 19.6 Å². The van der Waals surface area contributed by atoms with Gasteiger partial charge in [-0.05, 0) is 42.7 Å². The van der Waals surface area contributed by atoms with Crippen LogP contribution in [-0.2, 0) is 13.1 Å². The van der Waals surface area contributed by atoms with Crippen LogP contribution in [0.1, 0.15) is 18.4 Å². The third-order valence-corrected chi connectivity index (χ3v) is 6.16. The van der Waals surface area contributed by atoms with Gasteiger partial charge in [-0.1, -0.05) is 29.3 Å². The summed E-state index contributed by atoms with van der Waals surface area (Å²) in [6.45, 7) is 3.52. The van der Waals surface area contributed by atoms with Crippen molar-refractivity contribution in [3.05, 3.63) is 68.7 Å². The molecule has 7 heteroatoms. The van der Waals surface area contributed by atoms with Gasteiger partial charge in [0.1, 0.15) is 6.17 Å². The van der Waals surface area contributed by atoms with Crippen LogP contribution in [-0.4, -0.2) is 39.8 Å². The van der Waals surface area contributed by atoms with Crippen molar-refractivity contribution in [2.45, 2.75) is 32.1 Å². The van der Waals surface area contributed by atoms with Crippen LogP contribution in [0.4, 0.5) is 4.39 Å². The number of piperidine rings is 1. The molecule has 1 aliphatic heterocycles. The summed E-state index contributed by atoms with van der Waals surface area (Å²) in [6, 6.07) is 9.39. The van der Waals surface area contributed by atoms with Crippen molar-refractivity contribution >= 4 is 34.1 Å². The first kappa shape index (κ1) is 19.5. The Morgan fingerprint density at radius 3 is 2.46 bits per heavy atom. The molecule has 3 aromatic rings. The molecule has 0 N–H and O–H groups in total. The number of pyridine rings is 1. The van der Waals surface area contributed by atoms with E-state index < -0.39 is 6.17 Å². The number of benzene rings is 1. The molecule has 0 unspecified atom stereocenters. The molecule has 0 saturated carbocycles. The minimum atomic E-state index is -0.675. The molecular formula is C21H22Cl2FN3O. The Labute approximate surface area is 173 Å². The average Bonchev–Trinajstić information content (AvgIpc) is 3.09. The second-order valence-corrected chi connectivity index (χ2v) is 8.14. The first-order valence-corrected chi connectivity index (χ1v) is 10.3. The molecule has 2 aromatic heterocycles. The van der Waals surface area contributed by atoms with E-state index in [2.05, 4.69) is 4.90 Å². The Morgan fingerprint density at radius 1 is 0.964 bits per heavy atom. The van der Waals surface area contributed by atoms with Gasteiger partial charge in [0.05, 0.1) is 20.9 Å². The van der Waals surface area contributed by atoms with Crippen LogP contribution in [0, 0.1) is 0 Å². The Morgan fingerprint density at radius 2 is 1.71 bits per heavy atom. The third-order valence-electron chi connectivity index (χ3n) is 5.42. The summed E-state index contributed by atoms with van der Waals surface area (Å²) in [4.78, 5) is 15.1. The molecule has 0 radical (unpaired) electrons. The van der Waals surface area contributed by atoms with E-state index in [4.69, 9.17) is 23.2 Å². The Bertz CT molecular complexity index is 1040. The molecule has 0 spiro atoms. The number of aromatic nitrogens is 2. The lowest BCUT2D eigenvalue weighted by Crippen LogP contribution is -2.37. The number of halogens is 3. The van der Waals surface area contributed by atoms with Crippen LogP contribution in [0.3, 0.4) is 0 Å². The van der Waals surface area contributed by atoms with Gasteiger partial charge in [0, 0.05) is 45.1 Å². The van der Waals surface area contributed by atoms with Gasteiger partial charge in [0.25, 0.3) is 5.56 Å². The second-order valence-electron chi connectivity index (χ2n) is 7.32. The molecule has 4 nitrogen and oxygen atoms in total. The third kappa shape index (κ3) is 4.12. The highest BCUT2D eigenvalue weighted by molar-refractivity contribution is 6.42. The van der Waals surface area contributed by atoms with Gasteiger partial charge < -0.3 is 14.0 Å². The highest BCUT2D eigenvalue weighted by Crippen LogP contribution is 2.24. The fourth-order valence-electron chi connectivity index (χ4n) is 3.76. The monoisotopic (exact) mass is 421 g/mol. The van der Waals surface area contributed by atoms with Crippen molar-refractivity contribution in [3.8, 4) is 0 Å². The summed E-state index contributed by atoms with van der Waals surface area (Å²) >= 11 is 12.1. The van der Waals surface area contributed by atoms with Gasteiger partial charge >= 0.3 is 0 Å². The largest absolute Gasteiger partial charge is 0.343 e. The van der Waals surface area contributed by atoms with Gasteiger partial charge in [0.2, 0.25) is 0 Å². The lowest BCUT2D eigenvalue weighted by molar-refractivity contribution is 0.147. The zero-order valence-corrected chi connectivity index (χ0v) is 17.0. The summed E-state index contributed by atoms with van der Waals surface area (Å²) in [7, 11) is 0. The lowest BCUT2D eigenvalue weighted by Gasteiger charge is -2.28. The van der Waals surface area contributed by atoms with Crippen LogP contribution in [0.5, 0.6) is 0 Å². The number of hydrogen-bond acceptors (Lipinski definition) is 2. The first-order chi connectivity index (χ1) is 13.5. The van der Waals surface area contributed by atoms with Crippen molar-refractivity contribution in [3.63, 3.8) is 0 Å². The van der Waals surface area contributed by atoms with E-state index in [1.165, 1.54) is 0 Å². The fourth-order valence-corrected chi connectivity index (χ4v) is 4.08. The maximum absolute atomic E-state index is 13.3. The summed E-state index contributed by atoms with van der Waals surface area (Å²) in [6.07, 6.45) is 4.27. The normalized spacial score (nSPS) is 16.1. The Kier molecular flexibility index (Phi) is 5.76. The molecule has 3 heterocycles. The van der Waals surface area contributed by atoms with Gasteiger partial charge in [-0.15, -0.1) is 0 Å². The van der Waals surface area contributed by atoms with Crippen LogP contribution < -0.4 is 5.56 Å². The Balaban J connectivity index is 1.50. The summed E-state index contributed by atoms with van der Waals surface area (Å²) in [5, 5.41) is 1.75. The van der Waals surface area contributed by atoms with E-state index in [0.717, 1.165) is 30.7 Å². The molecule has 1 fully saturated rings. The van der Waals surface area contributed by atoms with E-state index in [1.54, 1.807) is 10.6 Å². The van der Waals surface area contributed by atoms with Gasteiger partial charge in [0.15, 0.2) is 0 Å². The Hall–Kier alpha value is -1.82. The molecule has 1 aliphatic rings. The molecular weight excluding hydrogens is 400 g/mol.